The smallest absolute Gasteiger partial charge is 0.408 e. The van der Waals surface area contributed by atoms with E-state index >= 15 is 0 Å². The molecule has 0 bridgehead atoms. The van der Waals surface area contributed by atoms with Crippen LogP contribution >= 0.6 is 0 Å². The average Bonchev–Trinajstić information content (AvgIpc) is 3.09. The first-order valence-electron chi connectivity index (χ1n) is 10.5. The van der Waals surface area contributed by atoms with E-state index in [0.717, 1.165) is 54.7 Å². The second-order valence-corrected chi connectivity index (χ2v) is 8.30. The van der Waals surface area contributed by atoms with Gasteiger partial charge in [-0.05, 0) is 43.7 Å². The second kappa shape index (κ2) is 7.61. The van der Waals surface area contributed by atoms with Crippen LogP contribution in [0.2, 0.25) is 0 Å². The van der Waals surface area contributed by atoms with Crippen molar-refractivity contribution in [3.63, 3.8) is 0 Å². The predicted octanol–water partition coefficient (Wildman–Crippen LogP) is 4.05. The molecule has 2 aromatic carbocycles. The molecule has 6 nitrogen and oxygen atoms in total. The molecule has 0 radical (unpaired) electrons. The van der Waals surface area contributed by atoms with E-state index in [2.05, 4.69) is 34.1 Å². The molecule has 0 spiro atoms. The summed E-state index contributed by atoms with van der Waals surface area (Å²) in [6, 6.07) is 18.3. The Morgan fingerprint density at radius 2 is 1.93 bits per heavy atom. The summed E-state index contributed by atoms with van der Waals surface area (Å²) in [6.07, 6.45) is 2.03. The number of likely N-dealkylation sites (tertiary alicyclic amines) is 1. The lowest BCUT2D eigenvalue weighted by atomic mass is 10.0. The Hall–Kier alpha value is -3.12. The van der Waals surface area contributed by atoms with Crippen LogP contribution in [-0.4, -0.2) is 41.6 Å². The van der Waals surface area contributed by atoms with E-state index in [4.69, 9.17) is 9.40 Å². The highest BCUT2D eigenvalue weighted by Crippen LogP contribution is 2.28. The van der Waals surface area contributed by atoms with Crippen molar-refractivity contribution in [2.24, 2.45) is 0 Å². The fourth-order valence-corrected chi connectivity index (χ4v) is 4.61. The molecule has 3 heterocycles. The number of para-hydroxylation sites is 3. The summed E-state index contributed by atoms with van der Waals surface area (Å²) >= 11 is 0. The number of nitrogens with zero attached hydrogens (tertiary/aromatic N) is 4. The summed E-state index contributed by atoms with van der Waals surface area (Å²) in [5.74, 6) is 0.742. The molecule has 0 amide bonds. The predicted molar refractivity (Wildman–Crippen MR) is 120 cm³/mol. The zero-order valence-corrected chi connectivity index (χ0v) is 17.4. The van der Waals surface area contributed by atoms with Crippen molar-refractivity contribution in [1.82, 2.24) is 14.5 Å². The molecule has 4 aromatic rings. The summed E-state index contributed by atoms with van der Waals surface area (Å²) in [6.45, 7) is 2.65. The molecule has 1 atom stereocenters. The van der Waals surface area contributed by atoms with Crippen LogP contribution in [0, 0.1) is 0 Å². The number of fused-ring (bicyclic) bond motifs is 2. The number of anilines is 1. The quantitative estimate of drug-likeness (QED) is 0.516. The van der Waals surface area contributed by atoms with Gasteiger partial charge in [0.05, 0.1) is 17.1 Å². The van der Waals surface area contributed by atoms with Gasteiger partial charge in [-0.15, -0.1) is 0 Å². The van der Waals surface area contributed by atoms with Crippen LogP contribution < -0.4 is 10.7 Å². The highest BCUT2D eigenvalue weighted by Gasteiger charge is 2.26. The number of oxazole rings is 1. The Balaban J connectivity index is 1.45. The van der Waals surface area contributed by atoms with Crippen LogP contribution in [0.4, 0.5) is 5.82 Å². The van der Waals surface area contributed by atoms with Gasteiger partial charge in [-0.25, -0.2) is 9.78 Å². The lowest BCUT2D eigenvalue weighted by Crippen LogP contribution is -2.38. The molecule has 0 N–H and O–H groups in total. The van der Waals surface area contributed by atoms with Gasteiger partial charge >= 0.3 is 5.76 Å². The highest BCUT2D eigenvalue weighted by atomic mass is 16.4. The topological polar surface area (TPSA) is 54.5 Å². The van der Waals surface area contributed by atoms with Gasteiger partial charge in [0.1, 0.15) is 5.82 Å². The Morgan fingerprint density at radius 1 is 1.13 bits per heavy atom. The van der Waals surface area contributed by atoms with Crippen molar-refractivity contribution in [3.05, 3.63) is 70.7 Å². The van der Waals surface area contributed by atoms with Crippen molar-refractivity contribution in [3.8, 4) is 0 Å². The molecular weight excluding hydrogens is 376 g/mol. The molecule has 6 heteroatoms. The normalized spacial score (nSPS) is 17.6. The van der Waals surface area contributed by atoms with Crippen LogP contribution in [0.25, 0.3) is 22.0 Å². The first-order chi connectivity index (χ1) is 14.6. The third kappa shape index (κ3) is 3.37. The molecule has 154 valence electrons. The SMILES string of the molecule is CN(C)c1nc2ccccc2cc1CN1CCCC(n2c(=O)oc3ccccc32)C1. The third-order valence-electron chi connectivity index (χ3n) is 5.96. The Morgan fingerprint density at radius 3 is 2.80 bits per heavy atom. The molecule has 1 fully saturated rings. The first-order valence-corrected chi connectivity index (χ1v) is 10.5. The maximum atomic E-state index is 12.6. The first kappa shape index (κ1) is 18.9. The summed E-state index contributed by atoms with van der Waals surface area (Å²) < 4.78 is 7.32. The van der Waals surface area contributed by atoms with Gasteiger partial charge < -0.3 is 9.32 Å². The average molecular weight is 402 g/mol. The molecule has 5 rings (SSSR count). The van der Waals surface area contributed by atoms with E-state index in [1.807, 2.05) is 49.0 Å². The number of rotatable bonds is 4. The van der Waals surface area contributed by atoms with Crippen LogP contribution in [0.15, 0.2) is 63.8 Å². The highest BCUT2D eigenvalue weighted by molar-refractivity contribution is 5.81. The van der Waals surface area contributed by atoms with E-state index in [1.54, 1.807) is 0 Å². The summed E-state index contributed by atoms with van der Waals surface area (Å²) in [5, 5.41) is 1.16. The fraction of sp³-hybridized carbons (Fsp3) is 0.333. The monoisotopic (exact) mass is 402 g/mol. The Labute approximate surface area is 175 Å². The number of aromatic nitrogens is 2. The van der Waals surface area contributed by atoms with Gasteiger partial charge in [-0.2, -0.15) is 0 Å². The minimum Gasteiger partial charge on any atom is -0.408 e. The van der Waals surface area contributed by atoms with Crippen molar-refractivity contribution >= 4 is 27.8 Å². The molecule has 1 aliphatic heterocycles. The fourth-order valence-electron chi connectivity index (χ4n) is 4.61. The van der Waals surface area contributed by atoms with Crippen molar-refractivity contribution in [1.29, 1.82) is 0 Å². The molecule has 2 aromatic heterocycles. The Kier molecular flexibility index (Phi) is 4.79. The largest absolute Gasteiger partial charge is 0.420 e. The van der Waals surface area contributed by atoms with Crippen LogP contribution in [0.3, 0.4) is 0 Å². The minimum atomic E-state index is -0.260. The van der Waals surface area contributed by atoms with Crippen molar-refractivity contribution in [2.75, 3.05) is 32.1 Å². The molecule has 1 unspecified atom stereocenters. The lowest BCUT2D eigenvalue weighted by molar-refractivity contribution is 0.168. The number of piperidine rings is 1. The molecule has 0 saturated carbocycles. The lowest BCUT2D eigenvalue weighted by Gasteiger charge is -2.33. The molecule has 0 aliphatic carbocycles. The van der Waals surface area contributed by atoms with E-state index < -0.39 is 0 Å². The molecule has 1 saturated heterocycles. The summed E-state index contributed by atoms with van der Waals surface area (Å²) in [5.41, 5.74) is 3.77. The summed E-state index contributed by atoms with van der Waals surface area (Å²) in [4.78, 5) is 22.0. The number of hydrogen-bond acceptors (Lipinski definition) is 5. The van der Waals surface area contributed by atoms with E-state index in [-0.39, 0.29) is 11.8 Å². The zero-order valence-electron chi connectivity index (χ0n) is 17.4. The zero-order chi connectivity index (χ0) is 20.7. The van der Waals surface area contributed by atoms with E-state index in [0.29, 0.717) is 5.58 Å². The third-order valence-corrected chi connectivity index (χ3v) is 5.96. The minimum absolute atomic E-state index is 0.117. The number of pyridine rings is 1. The van der Waals surface area contributed by atoms with E-state index in [9.17, 15) is 4.79 Å². The van der Waals surface area contributed by atoms with Gasteiger partial charge in [0, 0.05) is 38.1 Å². The summed E-state index contributed by atoms with van der Waals surface area (Å²) in [7, 11) is 4.08. The maximum absolute atomic E-state index is 12.6. The van der Waals surface area contributed by atoms with Crippen LogP contribution in [0.5, 0.6) is 0 Å². The van der Waals surface area contributed by atoms with Crippen molar-refractivity contribution in [2.45, 2.75) is 25.4 Å². The van der Waals surface area contributed by atoms with Gasteiger partial charge in [0.25, 0.3) is 0 Å². The molecule has 30 heavy (non-hydrogen) atoms. The van der Waals surface area contributed by atoms with Crippen LogP contribution in [-0.2, 0) is 6.54 Å². The van der Waals surface area contributed by atoms with Crippen molar-refractivity contribution < 1.29 is 4.42 Å². The number of hydrogen-bond donors (Lipinski definition) is 0. The van der Waals surface area contributed by atoms with Crippen LogP contribution in [0.1, 0.15) is 24.4 Å². The van der Waals surface area contributed by atoms with E-state index in [1.165, 1.54) is 5.56 Å². The maximum Gasteiger partial charge on any atom is 0.420 e. The van der Waals surface area contributed by atoms with Gasteiger partial charge in [-0.3, -0.25) is 9.47 Å². The van der Waals surface area contributed by atoms with Gasteiger partial charge in [0.15, 0.2) is 5.58 Å². The Bertz CT molecular complexity index is 1260. The molecule has 1 aliphatic rings. The molecular formula is C24H26N4O2. The van der Waals surface area contributed by atoms with Gasteiger partial charge in [-0.1, -0.05) is 30.3 Å². The van der Waals surface area contributed by atoms with Gasteiger partial charge in [0.2, 0.25) is 0 Å². The number of benzene rings is 2. The standard InChI is InChI=1S/C24H26N4O2/c1-26(2)23-18(14-17-8-3-4-10-20(17)25-23)15-27-13-7-9-19(16-27)28-21-11-5-6-12-22(21)30-24(28)29/h3-6,8,10-12,14,19H,7,9,13,15-16H2,1-2H3. The second-order valence-electron chi connectivity index (χ2n) is 8.30.